The highest BCUT2D eigenvalue weighted by molar-refractivity contribution is 8.09. The van der Waals surface area contributed by atoms with Gasteiger partial charge in [-0.25, -0.2) is 4.79 Å². The fraction of sp³-hybridized carbons (Fsp3) is 0.250. The van der Waals surface area contributed by atoms with E-state index in [9.17, 15) is 19.8 Å². The van der Waals surface area contributed by atoms with Crippen LogP contribution in [0.1, 0.15) is 6.92 Å². The number of aromatic hydroxyl groups is 2. The van der Waals surface area contributed by atoms with Crippen LogP contribution in [-0.2, 0) is 20.3 Å². The summed E-state index contributed by atoms with van der Waals surface area (Å²) in [5.74, 6) is -1.24. The van der Waals surface area contributed by atoms with E-state index < -0.39 is 5.97 Å². The summed E-state index contributed by atoms with van der Waals surface area (Å²) in [6.45, 7) is 0.896. The molecule has 82 valence electrons. The number of nitrogens with zero attached hydrogens (tertiary/aromatic N) is 1. The van der Waals surface area contributed by atoms with E-state index in [1.54, 1.807) is 0 Å². The van der Waals surface area contributed by atoms with Crippen molar-refractivity contribution in [1.29, 1.82) is 0 Å². The molecule has 0 spiro atoms. The van der Waals surface area contributed by atoms with Crippen molar-refractivity contribution in [3.8, 4) is 11.8 Å². The van der Waals surface area contributed by atoms with E-state index in [2.05, 4.69) is 4.18 Å². The molecule has 0 aliphatic carbocycles. The molecule has 1 aromatic rings. The minimum absolute atomic E-state index is 0.253. The molecule has 0 aliphatic rings. The second kappa shape index (κ2) is 4.74. The first-order valence-electron chi connectivity index (χ1n) is 3.96. The standard InChI is InChI=1S/C8H9NO5S/c1-5(10)15-14-8(13)4-9-6(11)2-3-7(9)12/h2-3,11-12H,4H2,1H3. The lowest BCUT2D eigenvalue weighted by molar-refractivity contribution is -0.134. The molecule has 0 aliphatic heterocycles. The van der Waals surface area contributed by atoms with Crippen molar-refractivity contribution in [3.05, 3.63) is 12.1 Å². The molecule has 0 fully saturated rings. The summed E-state index contributed by atoms with van der Waals surface area (Å²) in [6.07, 6.45) is 0. The van der Waals surface area contributed by atoms with Gasteiger partial charge in [-0.2, -0.15) is 0 Å². The van der Waals surface area contributed by atoms with Crippen LogP contribution >= 0.6 is 12.0 Å². The zero-order valence-electron chi connectivity index (χ0n) is 7.84. The van der Waals surface area contributed by atoms with Gasteiger partial charge in [0, 0.05) is 19.1 Å². The van der Waals surface area contributed by atoms with Gasteiger partial charge in [-0.05, 0) is 0 Å². The Morgan fingerprint density at radius 1 is 1.40 bits per heavy atom. The molecule has 0 saturated carbocycles. The fourth-order valence-electron chi connectivity index (χ4n) is 0.869. The molecule has 1 aromatic heterocycles. The van der Waals surface area contributed by atoms with Gasteiger partial charge in [0.15, 0.2) is 11.8 Å². The van der Waals surface area contributed by atoms with Gasteiger partial charge in [-0.1, -0.05) is 0 Å². The number of rotatable bonds is 2. The van der Waals surface area contributed by atoms with Gasteiger partial charge in [-0.15, -0.1) is 0 Å². The van der Waals surface area contributed by atoms with Gasteiger partial charge < -0.3 is 14.4 Å². The first kappa shape index (κ1) is 11.4. The van der Waals surface area contributed by atoms with Crippen LogP contribution < -0.4 is 0 Å². The van der Waals surface area contributed by atoms with E-state index in [4.69, 9.17) is 0 Å². The van der Waals surface area contributed by atoms with Crippen molar-refractivity contribution in [2.75, 3.05) is 0 Å². The molecule has 15 heavy (non-hydrogen) atoms. The van der Waals surface area contributed by atoms with Gasteiger partial charge in [0.1, 0.15) is 18.6 Å². The lowest BCUT2D eigenvalue weighted by Gasteiger charge is -2.04. The smallest absolute Gasteiger partial charge is 0.338 e. The Morgan fingerprint density at radius 3 is 2.40 bits per heavy atom. The molecule has 0 unspecified atom stereocenters. The molecule has 0 radical (unpaired) electrons. The second-order valence-corrected chi connectivity index (χ2v) is 3.57. The molecule has 0 bridgehead atoms. The Morgan fingerprint density at radius 2 is 1.93 bits per heavy atom. The molecular weight excluding hydrogens is 222 g/mol. The number of hydrogen-bond donors (Lipinski definition) is 2. The first-order valence-corrected chi connectivity index (χ1v) is 4.70. The van der Waals surface area contributed by atoms with Crippen molar-refractivity contribution in [2.24, 2.45) is 0 Å². The SMILES string of the molecule is CC(=O)SOC(=O)Cn1c(O)ccc1O. The highest BCUT2D eigenvalue weighted by atomic mass is 32.2. The maximum atomic E-state index is 11.1. The van der Waals surface area contributed by atoms with Crippen LogP contribution in [0.4, 0.5) is 0 Å². The average Bonchev–Trinajstić information content (AvgIpc) is 2.46. The van der Waals surface area contributed by atoms with Gasteiger partial charge in [0.2, 0.25) is 5.12 Å². The molecular formula is C8H9NO5S. The summed E-state index contributed by atoms with van der Waals surface area (Å²) in [7, 11) is 0. The predicted octanol–water partition coefficient (Wildman–Crippen LogP) is 0.637. The number of carbonyl (C=O) groups is 2. The van der Waals surface area contributed by atoms with E-state index in [-0.39, 0.29) is 23.4 Å². The average molecular weight is 231 g/mol. The Hall–Kier alpha value is -1.63. The Bertz CT molecular complexity index is 367. The highest BCUT2D eigenvalue weighted by Gasteiger charge is 2.12. The molecule has 0 amide bonds. The van der Waals surface area contributed by atoms with E-state index in [1.165, 1.54) is 19.1 Å². The van der Waals surface area contributed by atoms with Crippen LogP contribution in [0.25, 0.3) is 0 Å². The van der Waals surface area contributed by atoms with Crippen LogP contribution in [0.15, 0.2) is 12.1 Å². The Labute approximate surface area is 89.7 Å². The second-order valence-electron chi connectivity index (χ2n) is 2.67. The Balaban J connectivity index is 2.55. The molecule has 2 N–H and O–H groups in total. The number of hydrogen-bond acceptors (Lipinski definition) is 6. The van der Waals surface area contributed by atoms with Crippen LogP contribution in [0, 0.1) is 0 Å². The molecule has 6 nitrogen and oxygen atoms in total. The summed E-state index contributed by atoms with van der Waals surface area (Å²) < 4.78 is 5.42. The van der Waals surface area contributed by atoms with Gasteiger partial charge in [0.05, 0.1) is 0 Å². The monoisotopic (exact) mass is 231 g/mol. The zero-order valence-corrected chi connectivity index (χ0v) is 8.65. The quantitative estimate of drug-likeness (QED) is 0.726. The number of aromatic nitrogens is 1. The molecule has 7 heteroatoms. The predicted molar refractivity (Wildman–Crippen MR) is 52.1 cm³/mol. The normalized spacial score (nSPS) is 9.93. The molecule has 0 atom stereocenters. The summed E-state index contributed by atoms with van der Waals surface area (Å²) in [5, 5.41) is 18.0. The van der Waals surface area contributed by atoms with Gasteiger partial charge in [-0.3, -0.25) is 9.36 Å². The minimum atomic E-state index is -0.739. The van der Waals surface area contributed by atoms with Crippen LogP contribution in [0.2, 0.25) is 0 Å². The van der Waals surface area contributed by atoms with Crippen molar-refractivity contribution in [1.82, 2.24) is 4.57 Å². The zero-order chi connectivity index (χ0) is 11.4. The summed E-state index contributed by atoms with van der Waals surface area (Å²) in [4.78, 5) is 21.5. The van der Waals surface area contributed by atoms with Crippen molar-refractivity contribution in [3.63, 3.8) is 0 Å². The molecule has 0 saturated heterocycles. The fourth-order valence-corrected chi connectivity index (χ4v) is 1.13. The first-order chi connectivity index (χ1) is 7.00. The maximum absolute atomic E-state index is 11.1. The third kappa shape index (κ3) is 3.21. The highest BCUT2D eigenvalue weighted by Crippen LogP contribution is 2.21. The summed E-state index contributed by atoms with van der Waals surface area (Å²) >= 11 is 0.408. The van der Waals surface area contributed by atoms with Crippen LogP contribution in [-0.4, -0.2) is 25.9 Å². The van der Waals surface area contributed by atoms with E-state index in [0.717, 1.165) is 4.57 Å². The number of carbonyl (C=O) groups excluding carboxylic acids is 2. The topological polar surface area (TPSA) is 88.8 Å². The molecule has 1 heterocycles. The molecule has 1 rings (SSSR count). The van der Waals surface area contributed by atoms with Crippen molar-refractivity contribution < 1.29 is 24.0 Å². The van der Waals surface area contributed by atoms with Crippen LogP contribution in [0.3, 0.4) is 0 Å². The van der Waals surface area contributed by atoms with Crippen molar-refractivity contribution in [2.45, 2.75) is 13.5 Å². The summed E-state index contributed by atoms with van der Waals surface area (Å²) in [6, 6.07) is 2.47. The van der Waals surface area contributed by atoms with E-state index in [0.29, 0.717) is 12.0 Å². The van der Waals surface area contributed by atoms with Gasteiger partial charge >= 0.3 is 5.97 Å². The third-order valence-corrected chi connectivity index (χ3v) is 1.98. The van der Waals surface area contributed by atoms with E-state index in [1.807, 2.05) is 0 Å². The van der Waals surface area contributed by atoms with Crippen molar-refractivity contribution >= 4 is 23.1 Å². The largest absolute Gasteiger partial charge is 0.494 e. The molecule has 0 aromatic carbocycles. The summed E-state index contributed by atoms with van der Waals surface area (Å²) in [5.41, 5.74) is 0. The lowest BCUT2D eigenvalue weighted by atomic mass is 10.6. The third-order valence-electron chi connectivity index (χ3n) is 1.47. The lowest BCUT2D eigenvalue weighted by Crippen LogP contribution is -2.10. The van der Waals surface area contributed by atoms with E-state index >= 15 is 0 Å². The van der Waals surface area contributed by atoms with Crippen LogP contribution in [0.5, 0.6) is 11.8 Å². The maximum Gasteiger partial charge on any atom is 0.338 e. The minimum Gasteiger partial charge on any atom is -0.494 e. The Kier molecular flexibility index (Phi) is 3.62. The van der Waals surface area contributed by atoms with Gasteiger partial charge in [0.25, 0.3) is 0 Å².